The van der Waals surface area contributed by atoms with E-state index in [1.165, 1.54) is 0 Å². The lowest BCUT2D eigenvalue weighted by atomic mass is 9.97. The number of amides is 1. The molecule has 5 heteroatoms. The molecule has 3 N–H and O–H groups in total. The summed E-state index contributed by atoms with van der Waals surface area (Å²) in [5.74, 6) is -0.264. The molecule has 1 fully saturated rings. The standard InChI is InChI=1S/C15H21BrN2O2/c16-12-6-4-11(5-7-12)14(19)10-18-8-2-1-3-13(18)9-15(17)20/h4-7,13-14,19H,1-3,8-10H2,(H2,17,20)/t13-,14+/m1/s1. The molecule has 20 heavy (non-hydrogen) atoms. The molecule has 1 amide bonds. The fourth-order valence-corrected chi connectivity index (χ4v) is 3.04. The van der Waals surface area contributed by atoms with Gasteiger partial charge in [-0.3, -0.25) is 9.69 Å². The van der Waals surface area contributed by atoms with Gasteiger partial charge in [0.15, 0.2) is 0 Å². The molecule has 0 aromatic heterocycles. The van der Waals surface area contributed by atoms with Crippen LogP contribution in [-0.4, -0.2) is 35.0 Å². The van der Waals surface area contributed by atoms with Crippen molar-refractivity contribution in [2.75, 3.05) is 13.1 Å². The normalized spacial score (nSPS) is 21.6. The lowest BCUT2D eigenvalue weighted by Gasteiger charge is -2.36. The van der Waals surface area contributed by atoms with Crippen LogP contribution in [0.15, 0.2) is 28.7 Å². The van der Waals surface area contributed by atoms with Crippen molar-refractivity contribution in [2.24, 2.45) is 5.73 Å². The van der Waals surface area contributed by atoms with Crippen molar-refractivity contribution in [3.05, 3.63) is 34.3 Å². The van der Waals surface area contributed by atoms with Gasteiger partial charge in [-0.15, -0.1) is 0 Å². The molecule has 1 aliphatic heterocycles. The summed E-state index contributed by atoms with van der Waals surface area (Å²) >= 11 is 3.39. The van der Waals surface area contributed by atoms with Crippen LogP contribution in [0.4, 0.5) is 0 Å². The molecule has 1 aromatic rings. The molecule has 1 aliphatic rings. The zero-order chi connectivity index (χ0) is 14.5. The Morgan fingerprint density at radius 3 is 2.75 bits per heavy atom. The van der Waals surface area contributed by atoms with Gasteiger partial charge in [0.25, 0.3) is 0 Å². The molecule has 0 radical (unpaired) electrons. The highest BCUT2D eigenvalue weighted by atomic mass is 79.9. The average molecular weight is 341 g/mol. The number of carbonyl (C=O) groups is 1. The molecule has 0 spiro atoms. The van der Waals surface area contributed by atoms with Crippen molar-refractivity contribution in [1.82, 2.24) is 4.90 Å². The van der Waals surface area contributed by atoms with Gasteiger partial charge in [-0.1, -0.05) is 34.5 Å². The van der Waals surface area contributed by atoms with Gasteiger partial charge in [-0.05, 0) is 37.1 Å². The van der Waals surface area contributed by atoms with Crippen LogP contribution < -0.4 is 5.73 Å². The van der Waals surface area contributed by atoms with E-state index in [2.05, 4.69) is 20.8 Å². The van der Waals surface area contributed by atoms with Crippen LogP contribution in [0.1, 0.15) is 37.4 Å². The van der Waals surface area contributed by atoms with Gasteiger partial charge >= 0.3 is 0 Å². The maximum Gasteiger partial charge on any atom is 0.218 e. The fourth-order valence-electron chi connectivity index (χ4n) is 2.78. The maximum absolute atomic E-state index is 11.1. The van der Waals surface area contributed by atoms with Gasteiger partial charge in [0.2, 0.25) is 5.91 Å². The molecule has 1 heterocycles. The molecule has 2 rings (SSSR count). The third-order valence-corrected chi connectivity index (χ3v) is 4.38. The van der Waals surface area contributed by atoms with Gasteiger partial charge in [0, 0.05) is 23.5 Å². The molecule has 0 unspecified atom stereocenters. The van der Waals surface area contributed by atoms with Gasteiger partial charge in [0.1, 0.15) is 0 Å². The van der Waals surface area contributed by atoms with Crippen LogP contribution in [0.25, 0.3) is 0 Å². The van der Waals surface area contributed by atoms with E-state index in [4.69, 9.17) is 5.73 Å². The monoisotopic (exact) mass is 340 g/mol. The smallest absolute Gasteiger partial charge is 0.218 e. The van der Waals surface area contributed by atoms with Crippen LogP contribution in [0.5, 0.6) is 0 Å². The summed E-state index contributed by atoms with van der Waals surface area (Å²) < 4.78 is 0.998. The van der Waals surface area contributed by atoms with E-state index >= 15 is 0 Å². The topological polar surface area (TPSA) is 66.6 Å². The first-order chi connectivity index (χ1) is 9.56. The largest absolute Gasteiger partial charge is 0.387 e. The van der Waals surface area contributed by atoms with E-state index in [1.54, 1.807) is 0 Å². The number of piperidine rings is 1. The lowest BCUT2D eigenvalue weighted by Crippen LogP contribution is -2.43. The third kappa shape index (κ3) is 4.30. The summed E-state index contributed by atoms with van der Waals surface area (Å²) in [5.41, 5.74) is 6.21. The number of hydrogen-bond donors (Lipinski definition) is 2. The van der Waals surface area contributed by atoms with Crippen LogP contribution >= 0.6 is 15.9 Å². The maximum atomic E-state index is 11.1. The molecule has 0 saturated carbocycles. The summed E-state index contributed by atoms with van der Waals surface area (Å²) in [7, 11) is 0. The van der Waals surface area contributed by atoms with Crippen LogP contribution in [0.2, 0.25) is 0 Å². The number of carbonyl (C=O) groups excluding carboxylic acids is 1. The molecule has 1 saturated heterocycles. The van der Waals surface area contributed by atoms with Crippen molar-refractivity contribution in [3.63, 3.8) is 0 Å². The highest BCUT2D eigenvalue weighted by Gasteiger charge is 2.25. The van der Waals surface area contributed by atoms with Gasteiger partial charge in [0.05, 0.1) is 6.10 Å². The Morgan fingerprint density at radius 2 is 2.10 bits per heavy atom. The first-order valence-corrected chi connectivity index (χ1v) is 7.81. The second-order valence-corrected chi connectivity index (χ2v) is 6.30. The molecule has 110 valence electrons. The Kier molecular flexibility index (Phi) is 5.57. The molecule has 0 aliphatic carbocycles. The SMILES string of the molecule is NC(=O)C[C@H]1CCCCN1C[C@H](O)c1ccc(Br)cc1. The molecular formula is C15H21BrN2O2. The number of primary amides is 1. The van der Waals surface area contributed by atoms with Crippen molar-refractivity contribution >= 4 is 21.8 Å². The van der Waals surface area contributed by atoms with Crippen LogP contribution in [-0.2, 0) is 4.79 Å². The summed E-state index contributed by atoms with van der Waals surface area (Å²) in [6, 6.07) is 7.86. The first-order valence-electron chi connectivity index (χ1n) is 7.02. The van der Waals surface area contributed by atoms with Crippen LogP contribution in [0, 0.1) is 0 Å². The molecular weight excluding hydrogens is 320 g/mol. The number of rotatable bonds is 5. The highest BCUT2D eigenvalue weighted by molar-refractivity contribution is 9.10. The third-order valence-electron chi connectivity index (χ3n) is 3.85. The Balaban J connectivity index is 1.98. The minimum Gasteiger partial charge on any atom is -0.387 e. The summed E-state index contributed by atoms with van der Waals surface area (Å²) in [4.78, 5) is 13.3. The Bertz CT molecular complexity index is 450. The average Bonchev–Trinajstić information content (AvgIpc) is 2.41. The lowest BCUT2D eigenvalue weighted by molar-refractivity contribution is -0.119. The van der Waals surface area contributed by atoms with E-state index in [0.717, 1.165) is 35.8 Å². The number of hydrogen-bond acceptors (Lipinski definition) is 3. The summed E-state index contributed by atoms with van der Waals surface area (Å²) in [5, 5.41) is 10.3. The van der Waals surface area contributed by atoms with E-state index in [0.29, 0.717) is 13.0 Å². The zero-order valence-corrected chi connectivity index (χ0v) is 13.1. The van der Waals surface area contributed by atoms with E-state index < -0.39 is 6.10 Å². The summed E-state index contributed by atoms with van der Waals surface area (Å²) in [6.07, 6.45) is 3.07. The first kappa shape index (κ1) is 15.5. The number of nitrogens with two attached hydrogens (primary N) is 1. The molecule has 1 aromatic carbocycles. The van der Waals surface area contributed by atoms with Gasteiger partial charge < -0.3 is 10.8 Å². The fraction of sp³-hybridized carbons (Fsp3) is 0.533. The predicted octanol–water partition coefficient (Wildman–Crippen LogP) is 2.21. The van der Waals surface area contributed by atoms with Gasteiger partial charge in [-0.2, -0.15) is 0 Å². The predicted molar refractivity (Wildman–Crippen MR) is 82.1 cm³/mol. The quantitative estimate of drug-likeness (QED) is 0.863. The second-order valence-electron chi connectivity index (χ2n) is 5.38. The number of β-amino-alcohol motifs (C(OH)–C–C–N with tert-alkyl or cyclic N) is 1. The van der Waals surface area contributed by atoms with Crippen LogP contribution in [0.3, 0.4) is 0 Å². The minimum atomic E-state index is -0.531. The summed E-state index contributed by atoms with van der Waals surface area (Å²) in [6.45, 7) is 1.48. The van der Waals surface area contributed by atoms with Crippen molar-refractivity contribution in [1.29, 1.82) is 0 Å². The Morgan fingerprint density at radius 1 is 1.40 bits per heavy atom. The number of likely N-dealkylation sites (tertiary alicyclic amines) is 1. The van der Waals surface area contributed by atoms with Crippen molar-refractivity contribution in [2.45, 2.75) is 37.8 Å². The second kappa shape index (κ2) is 7.20. The molecule has 2 atom stereocenters. The highest BCUT2D eigenvalue weighted by Crippen LogP contribution is 2.24. The number of halogens is 1. The van der Waals surface area contributed by atoms with Crippen molar-refractivity contribution < 1.29 is 9.90 Å². The number of aliphatic hydroxyl groups is 1. The zero-order valence-electron chi connectivity index (χ0n) is 11.5. The van der Waals surface area contributed by atoms with E-state index in [9.17, 15) is 9.90 Å². The van der Waals surface area contributed by atoms with Gasteiger partial charge in [-0.25, -0.2) is 0 Å². The number of nitrogens with zero attached hydrogens (tertiary/aromatic N) is 1. The number of aliphatic hydroxyl groups excluding tert-OH is 1. The Hall–Kier alpha value is -0.910. The minimum absolute atomic E-state index is 0.173. The number of benzene rings is 1. The molecule has 0 bridgehead atoms. The Labute approximate surface area is 128 Å². The van der Waals surface area contributed by atoms with Crippen molar-refractivity contribution in [3.8, 4) is 0 Å². The van der Waals surface area contributed by atoms with E-state index in [1.807, 2.05) is 24.3 Å². The van der Waals surface area contributed by atoms with E-state index in [-0.39, 0.29) is 11.9 Å². The molecule has 4 nitrogen and oxygen atoms in total.